The first kappa shape index (κ1) is 29.8. The van der Waals surface area contributed by atoms with Crippen LogP contribution in [0.5, 0.6) is 0 Å². The van der Waals surface area contributed by atoms with Gasteiger partial charge in [-0.2, -0.15) is 17.2 Å². The Morgan fingerprint density at radius 1 is 0.805 bits per heavy atom. The van der Waals surface area contributed by atoms with Crippen LogP contribution in [0.15, 0.2) is 91.0 Å². The molecule has 216 valence electrons. The van der Waals surface area contributed by atoms with E-state index in [0.29, 0.717) is 6.26 Å². The van der Waals surface area contributed by atoms with Crippen LogP contribution < -0.4 is 0 Å². The Kier molecular flexibility index (Phi) is 9.11. The SMILES string of the molecule is CS(=O)(=O)OC1OC(C(COC(=O)c2ccccc2)OC(=O)c2ccccc2)C(OC(=O)c2ccccc2)C1(F)F. The molecule has 0 aliphatic carbocycles. The van der Waals surface area contributed by atoms with Gasteiger partial charge in [-0.3, -0.25) is 0 Å². The number of esters is 3. The summed E-state index contributed by atoms with van der Waals surface area (Å²) >= 11 is 0. The molecule has 1 saturated heterocycles. The van der Waals surface area contributed by atoms with E-state index in [1.54, 1.807) is 30.3 Å². The highest BCUT2D eigenvalue weighted by Crippen LogP contribution is 2.42. The average molecular weight is 591 g/mol. The molecule has 0 radical (unpaired) electrons. The predicted molar refractivity (Wildman–Crippen MR) is 138 cm³/mol. The minimum atomic E-state index is -4.50. The molecule has 1 heterocycles. The van der Waals surface area contributed by atoms with Crippen molar-refractivity contribution in [2.75, 3.05) is 12.9 Å². The molecule has 0 N–H and O–H groups in total. The van der Waals surface area contributed by atoms with Crippen molar-refractivity contribution in [3.63, 3.8) is 0 Å². The highest BCUT2D eigenvalue weighted by atomic mass is 32.2. The Balaban J connectivity index is 1.67. The zero-order valence-corrected chi connectivity index (χ0v) is 22.2. The Labute approximate surface area is 233 Å². The van der Waals surface area contributed by atoms with E-state index in [2.05, 4.69) is 4.18 Å². The van der Waals surface area contributed by atoms with Gasteiger partial charge in [-0.05, 0) is 36.4 Å². The zero-order chi connectivity index (χ0) is 29.6. The second kappa shape index (κ2) is 12.5. The van der Waals surface area contributed by atoms with Crippen LogP contribution in [0.25, 0.3) is 0 Å². The fraction of sp³-hybridized carbons (Fsp3) is 0.250. The molecular weight excluding hydrogens is 566 g/mol. The van der Waals surface area contributed by atoms with E-state index in [4.69, 9.17) is 18.9 Å². The van der Waals surface area contributed by atoms with E-state index >= 15 is 8.78 Å². The Morgan fingerprint density at radius 3 is 1.76 bits per heavy atom. The van der Waals surface area contributed by atoms with Crippen molar-refractivity contribution in [3.8, 4) is 0 Å². The van der Waals surface area contributed by atoms with Crippen LogP contribution in [0.1, 0.15) is 31.1 Å². The molecule has 13 heteroatoms. The summed E-state index contributed by atoms with van der Waals surface area (Å²) in [6, 6.07) is 22.3. The molecular formula is C28H24F2O10S. The minimum Gasteiger partial charge on any atom is -0.458 e. The second-order valence-corrected chi connectivity index (χ2v) is 10.5. The Hall–Kier alpha value is -4.20. The molecule has 0 aromatic heterocycles. The van der Waals surface area contributed by atoms with Gasteiger partial charge in [-0.15, -0.1) is 0 Å². The maximum absolute atomic E-state index is 15.6. The first-order valence-corrected chi connectivity index (χ1v) is 13.9. The molecule has 0 spiro atoms. The van der Waals surface area contributed by atoms with Crippen molar-refractivity contribution in [1.82, 2.24) is 0 Å². The summed E-state index contributed by atoms with van der Waals surface area (Å²) in [6.45, 7) is -0.821. The van der Waals surface area contributed by atoms with Crippen molar-refractivity contribution < 1.29 is 54.7 Å². The van der Waals surface area contributed by atoms with E-state index in [9.17, 15) is 22.8 Å². The lowest BCUT2D eigenvalue weighted by atomic mass is 10.0. The zero-order valence-electron chi connectivity index (χ0n) is 21.4. The summed E-state index contributed by atoms with van der Waals surface area (Å²) in [5.41, 5.74) is 0.0462. The number of hydrogen-bond acceptors (Lipinski definition) is 10. The van der Waals surface area contributed by atoms with Crippen molar-refractivity contribution in [3.05, 3.63) is 108 Å². The fourth-order valence-corrected chi connectivity index (χ4v) is 4.37. The molecule has 10 nitrogen and oxygen atoms in total. The molecule has 4 rings (SSSR count). The van der Waals surface area contributed by atoms with Crippen LogP contribution in [0.2, 0.25) is 0 Å². The third-order valence-electron chi connectivity index (χ3n) is 5.80. The van der Waals surface area contributed by atoms with Gasteiger partial charge in [0.2, 0.25) is 12.4 Å². The molecule has 4 atom stereocenters. The van der Waals surface area contributed by atoms with Crippen molar-refractivity contribution in [1.29, 1.82) is 0 Å². The summed E-state index contributed by atoms with van der Waals surface area (Å²) in [7, 11) is -4.50. The molecule has 0 saturated carbocycles. The Bertz CT molecular complexity index is 1470. The second-order valence-electron chi connectivity index (χ2n) is 8.87. The van der Waals surface area contributed by atoms with Crippen LogP contribution in [0, 0.1) is 0 Å². The molecule has 4 unspecified atom stereocenters. The van der Waals surface area contributed by atoms with Gasteiger partial charge in [0.25, 0.3) is 10.1 Å². The number of carbonyl (C=O) groups excluding carboxylic acids is 3. The summed E-state index contributed by atoms with van der Waals surface area (Å²) in [5.74, 6) is -7.32. The smallest absolute Gasteiger partial charge is 0.338 e. The summed E-state index contributed by atoms with van der Waals surface area (Å²) in [6.07, 6.45) is -8.58. The summed E-state index contributed by atoms with van der Waals surface area (Å²) < 4.78 is 80.1. The van der Waals surface area contributed by atoms with Crippen LogP contribution in [0.3, 0.4) is 0 Å². The third-order valence-corrected chi connectivity index (χ3v) is 6.33. The fourth-order valence-electron chi connectivity index (χ4n) is 3.88. The van der Waals surface area contributed by atoms with Crippen molar-refractivity contribution in [2.45, 2.75) is 30.5 Å². The van der Waals surface area contributed by atoms with E-state index in [1.165, 1.54) is 60.7 Å². The number of carbonyl (C=O) groups is 3. The normalized spacial score (nSPS) is 20.5. The van der Waals surface area contributed by atoms with Gasteiger partial charge in [0.15, 0.2) is 6.10 Å². The van der Waals surface area contributed by atoms with E-state index < -0.39 is 65.2 Å². The van der Waals surface area contributed by atoms with Gasteiger partial charge in [0.1, 0.15) is 12.7 Å². The lowest BCUT2D eigenvalue weighted by Gasteiger charge is -2.28. The quantitative estimate of drug-likeness (QED) is 0.196. The molecule has 3 aromatic rings. The van der Waals surface area contributed by atoms with Crippen LogP contribution in [-0.4, -0.2) is 69.7 Å². The van der Waals surface area contributed by atoms with Crippen molar-refractivity contribution >= 4 is 28.0 Å². The molecule has 1 aliphatic rings. The number of hydrogen-bond donors (Lipinski definition) is 0. The van der Waals surface area contributed by atoms with Gasteiger partial charge in [-0.1, -0.05) is 54.6 Å². The summed E-state index contributed by atoms with van der Waals surface area (Å²) in [5, 5.41) is 0. The van der Waals surface area contributed by atoms with Crippen LogP contribution in [-0.2, 0) is 33.2 Å². The van der Waals surface area contributed by atoms with Crippen LogP contribution in [0.4, 0.5) is 8.78 Å². The Morgan fingerprint density at radius 2 is 1.27 bits per heavy atom. The first-order chi connectivity index (χ1) is 19.5. The highest BCUT2D eigenvalue weighted by molar-refractivity contribution is 7.86. The lowest BCUT2D eigenvalue weighted by Crippen LogP contribution is -2.49. The number of alkyl halides is 2. The number of benzene rings is 3. The van der Waals surface area contributed by atoms with E-state index in [-0.39, 0.29) is 16.7 Å². The number of halogens is 2. The molecule has 1 aliphatic heterocycles. The molecule has 3 aromatic carbocycles. The first-order valence-electron chi connectivity index (χ1n) is 12.1. The third kappa shape index (κ3) is 7.51. The van der Waals surface area contributed by atoms with Gasteiger partial charge in [0, 0.05) is 0 Å². The maximum atomic E-state index is 15.6. The predicted octanol–water partition coefficient (Wildman–Crippen LogP) is 3.63. The highest BCUT2D eigenvalue weighted by Gasteiger charge is 2.65. The number of ether oxygens (including phenoxy) is 4. The maximum Gasteiger partial charge on any atom is 0.338 e. The topological polar surface area (TPSA) is 132 Å². The monoisotopic (exact) mass is 590 g/mol. The number of rotatable bonds is 10. The standard InChI is InChI=1S/C28H24F2O10S/c1-41(34,35)40-27-28(29,30)23(39-26(33)20-15-9-4-10-16-20)22(38-27)21(37-25(32)19-13-7-3-8-14-19)17-36-24(31)18-11-5-2-6-12-18/h2-16,21-23,27H,17H2,1H3. The van der Waals surface area contributed by atoms with Gasteiger partial charge >= 0.3 is 23.8 Å². The average Bonchev–Trinajstić information content (AvgIpc) is 3.19. The lowest BCUT2D eigenvalue weighted by molar-refractivity contribution is -0.185. The van der Waals surface area contributed by atoms with Crippen LogP contribution >= 0.6 is 0 Å². The van der Waals surface area contributed by atoms with Gasteiger partial charge in [-0.25, -0.2) is 18.6 Å². The van der Waals surface area contributed by atoms with Gasteiger partial charge in [0.05, 0.1) is 22.9 Å². The molecule has 0 amide bonds. The largest absolute Gasteiger partial charge is 0.458 e. The minimum absolute atomic E-state index is 0.0263. The van der Waals surface area contributed by atoms with Gasteiger partial charge < -0.3 is 18.9 Å². The van der Waals surface area contributed by atoms with E-state index in [0.717, 1.165) is 0 Å². The molecule has 41 heavy (non-hydrogen) atoms. The van der Waals surface area contributed by atoms with Crippen molar-refractivity contribution in [2.24, 2.45) is 0 Å². The van der Waals surface area contributed by atoms with E-state index in [1.807, 2.05) is 0 Å². The molecule has 1 fully saturated rings. The molecule has 0 bridgehead atoms. The summed E-state index contributed by atoms with van der Waals surface area (Å²) in [4.78, 5) is 38.3.